The summed E-state index contributed by atoms with van der Waals surface area (Å²) in [6.07, 6.45) is 2.84. The van der Waals surface area contributed by atoms with E-state index in [1.54, 1.807) is 12.5 Å². The Kier molecular flexibility index (Phi) is 1.98. The van der Waals surface area contributed by atoms with E-state index in [1.165, 1.54) is 0 Å². The van der Waals surface area contributed by atoms with Crippen molar-refractivity contribution in [1.29, 1.82) is 0 Å². The van der Waals surface area contributed by atoms with Gasteiger partial charge in [-0.15, -0.1) is 4.98 Å². The Morgan fingerprint density at radius 1 is 1.33 bits per heavy atom. The monoisotopic (exact) mass is 290 g/mol. The maximum Gasteiger partial charge on any atom is 0.345 e. The fourth-order valence-corrected chi connectivity index (χ4v) is 3.62. The second-order valence-corrected chi connectivity index (χ2v) is 6.22. The molecule has 0 unspecified atom stereocenters. The van der Waals surface area contributed by atoms with Gasteiger partial charge in [0.2, 0.25) is 5.65 Å². The van der Waals surface area contributed by atoms with Crippen LogP contribution in [0.4, 0.5) is 5.95 Å². The fourth-order valence-electron chi connectivity index (χ4n) is 3.62. The molecule has 0 amide bonds. The van der Waals surface area contributed by atoms with Gasteiger partial charge in [0.05, 0.1) is 6.54 Å². The Morgan fingerprint density at radius 2 is 2.14 bits per heavy atom. The zero-order chi connectivity index (χ0) is 14.4. The summed E-state index contributed by atoms with van der Waals surface area (Å²) in [5.74, 6) is -0.143. The van der Waals surface area contributed by atoms with Crippen molar-refractivity contribution in [3.8, 4) is 0 Å². The molecule has 2 aromatic heterocycles. The molecule has 2 saturated heterocycles. The lowest BCUT2D eigenvalue weighted by atomic mass is 10.1. The second kappa shape index (κ2) is 3.52. The average Bonchev–Trinajstić information content (AvgIpc) is 3.01. The summed E-state index contributed by atoms with van der Waals surface area (Å²) in [6.45, 7) is 4.44. The van der Waals surface area contributed by atoms with E-state index >= 15 is 0 Å². The van der Waals surface area contributed by atoms with Crippen LogP contribution >= 0.6 is 0 Å². The molecule has 21 heavy (non-hydrogen) atoms. The van der Waals surface area contributed by atoms with E-state index in [0.717, 1.165) is 11.2 Å². The number of aromatic nitrogens is 4. The van der Waals surface area contributed by atoms with E-state index < -0.39 is 5.79 Å². The highest BCUT2D eigenvalue weighted by Crippen LogP contribution is 2.44. The summed E-state index contributed by atoms with van der Waals surface area (Å²) in [4.78, 5) is 8.59. The molecule has 0 aliphatic carbocycles. The van der Waals surface area contributed by atoms with Crippen molar-refractivity contribution < 1.29 is 18.8 Å². The largest absolute Gasteiger partial charge is 0.345 e. The normalized spacial score (nSPS) is 35.9. The number of nitrogen functional groups attached to an aromatic ring is 1. The molecule has 0 aromatic carbocycles. The number of hydrogen-bond donors (Lipinski definition) is 1. The van der Waals surface area contributed by atoms with Gasteiger partial charge in [-0.1, -0.05) is 0 Å². The third-order valence-electron chi connectivity index (χ3n) is 4.41. The number of nitrogens with two attached hydrogens (primary N) is 1. The van der Waals surface area contributed by atoms with Crippen LogP contribution in [0.15, 0.2) is 12.5 Å². The third-order valence-corrected chi connectivity index (χ3v) is 4.41. The van der Waals surface area contributed by atoms with E-state index in [4.69, 9.17) is 19.9 Å². The Balaban J connectivity index is 1.73. The van der Waals surface area contributed by atoms with Crippen molar-refractivity contribution in [3.05, 3.63) is 12.5 Å². The molecule has 3 aliphatic rings. The molecule has 5 rings (SSSR count). The van der Waals surface area contributed by atoms with Gasteiger partial charge in [0, 0.05) is 0 Å². The number of fused-ring (bicyclic) bond motifs is 6. The van der Waals surface area contributed by atoms with Gasteiger partial charge in [0.1, 0.15) is 30.8 Å². The zero-order valence-corrected chi connectivity index (χ0v) is 11.8. The predicted octanol–water partition coefficient (Wildman–Crippen LogP) is -0.268. The third kappa shape index (κ3) is 1.42. The fraction of sp³-hybridized carbons (Fsp3) is 0.615. The maximum absolute atomic E-state index is 6.14. The lowest BCUT2D eigenvalue weighted by Gasteiger charge is -2.22. The van der Waals surface area contributed by atoms with E-state index in [-0.39, 0.29) is 24.5 Å². The molecule has 3 aliphatic heterocycles. The van der Waals surface area contributed by atoms with Crippen LogP contribution in [0.25, 0.3) is 11.2 Å². The number of imidazole rings is 1. The zero-order valence-electron chi connectivity index (χ0n) is 11.8. The van der Waals surface area contributed by atoms with Crippen LogP contribution in [0.3, 0.4) is 0 Å². The van der Waals surface area contributed by atoms with Crippen LogP contribution in [0.5, 0.6) is 0 Å². The Morgan fingerprint density at radius 3 is 3.00 bits per heavy atom. The highest BCUT2D eigenvalue weighted by molar-refractivity contribution is 5.67. The standard InChI is InChI=1S/C13H15N5O3/c1-13(2)20-8-7-4-17-10-6(3-15-12(17)14)16-5-18(10)11(19-7)9(8)21-13/h3,5,7-9,11,14H,4H2,1-2H3/p+1/t7-,8-,9-,11-/m1/s1. The minimum absolute atomic E-state index is 0.109. The first-order valence-corrected chi connectivity index (χ1v) is 7.05. The minimum atomic E-state index is -0.597. The van der Waals surface area contributed by atoms with Crippen LogP contribution in [-0.2, 0) is 20.8 Å². The van der Waals surface area contributed by atoms with Crippen molar-refractivity contribution in [2.75, 3.05) is 5.73 Å². The summed E-state index contributed by atoms with van der Waals surface area (Å²) in [5.41, 5.74) is 7.75. The maximum atomic E-state index is 6.14. The highest BCUT2D eigenvalue weighted by Gasteiger charge is 2.58. The van der Waals surface area contributed by atoms with Crippen LogP contribution in [0, 0.1) is 0 Å². The smallest absolute Gasteiger partial charge is 0.341 e. The van der Waals surface area contributed by atoms with Gasteiger partial charge >= 0.3 is 5.95 Å². The van der Waals surface area contributed by atoms with Gasteiger partial charge in [-0.3, -0.25) is 0 Å². The van der Waals surface area contributed by atoms with E-state index in [2.05, 4.69) is 9.97 Å². The van der Waals surface area contributed by atoms with Crippen molar-refractivity contribution in [2.45, 2.75) is 50.7 Å². The summed E-state index contributed by atoms with van der Waals surface area (Å²) in [5, 5.41) is 0. The van der Waals surface area contributed by atoms with E-state index in [0.29, 0.717) is 12.5 Å². The lowest BCUT2D eigenvalue weighted by Crippen LogP contribution is -2.48. The molecule has 8 nitrogen and oxygen atoms in total. The molecule has 2 aromatic rings. The first-order valence-electron chi connectivity index (χ1n) is 7.05. The van der Waals surface area contributed by atoms with Crippen LogP contribution in [0.1, 0.15) is 20.1 Å². The van der Waals surface area contributed by atoms with Crippen molar-refractivity contribution >= 4 is 17.1 Å². The second-order valence-electron chi connectivity index (χ2n) is 6.22. The molecule has 5 heterocycles. The van der Waals surface area contributed by atoms with Gasteiger partial charge in [-0.25, -0.2) is 14.1 Å². The van der Waals surface area contributed by atoms with Crippen LogP contribution in [0.2, 0.25) is 0 Å². The molecule has 8 heteroatoms. The Hall–Kier alpha value is -1.77. The molecule has 0 saturated carbocycles. The molecule has 0 radical (unpaired) electrons. The van der Waals surface area contributed by atoms with E-state index in [1.807, 2.05) is 23.0 Å². The first kappa shape index (κ1) is 11.8. The predicted molar refractivity (Wildman–Crippen MR) is 69.9 cm³/mol. The molecule has 4 atom stereocenters. The van der Waals surface area contributed by atoms with Gasteiger partial charge in [-0.2, -0.15) is 0 Å². The average molecular weight is 290 g/mol. The molecular weight excluding hydrogens is 274 g/mol. The van der Waals surface area contributed by atoms with Gasteiger partial charge in [0.25, 0.3) is 0 Å². The SMILES string of the molecule is CC1(C)O[C@@H]2[C@H](O1)[C@H]1C[n+]3c(N)ncc4ncn(c43)[C@@H]2O1. The van der Waals surface area contributed by atoms with Crippen LogP contribution < -0.4 is 10.3 Å². The van der Waals surface area contributed by atoms with Gasteiger partial charge in [-0.05, 0) is 13.8 Å². The Labute approximate surface area is 120 Å². The summed E-state index contributed by atoms with van der Waals surface area (Å²) >= 11 is 0. The molecule has 0 spiro atoms. The number of rotatable bonds is 0. The highest BCUT2D eigenvalue weighted by atomic mass is 16.8. The quantitative estimate of drug-likeness (QED) is 0.672. The molecule has 2 fully saturated rings. The van der Waals surface area contributed by atoms with Gasteiger partial charge < -0.3 is 19.9 Å². The van der Waals surface area contributed by atoms with Crippen molar-refractivity contribution in [3.63, 3.8) is 0 Å². The number of anilines is 1. The molecular formula is C13H16N5O3+. The van der Waals surface area contributed by atoms with E-state index in [9.17, 15) is 0 Å². The Bertz CT molecular complexity index is 758. The molecule has 2 bridgehead atoms. The van der Waals surface area contributed by atoms with Crippen molar-refractivity contribution in [2.24, 2.45) is 0 Å². The first-order chi connectivity index (χ1) is 10.0. The molecule has 110 valence electrons. The van der Waals surface area contributed by atoms with Gasteiger partial charge in [0.15, 0.2) is 17.5 Å². The topological polar surface area (TPSA) is 88.3 Å². The van der Waals surface area contributed by atoms with Crippen LogP contribution in [-0.4, -0.2) is 38.6 Å². The summed E-state index contributed by atoms with van der Waals surface area (Å²) in [7, 11) is 0. The summed E-state index contributed by atoms with van der Waals surface area (Å²) in [6, 6.07) is 0. The molecule has 2 N–H and O–H groups in total. The number of hydrogen-bond acceptors (Lipinski definition) is 6. The lowest BCUT2D eigenvalue weighted by molar-refractivity contribution is -0.668. The van der Waals surface area contributed by atoms with Crippen molar-refractivity contribution in [1.82, 2.24) is 14.5 Å². The number of nitrogens with zero attached hydrogens (tertiary/aromatic N) is 4. The minimum Gasteiger partial charge on any atom is -0.341 e. The summed E-state index contributed by atoms with van der Waals surface area (Å²) < 4.78 is 22.1. The number of ether oxygens (including phenoxy) is 3.